The van der Waals surface area contributed by atoms with Gasteiger partial charge in [0.2, 0.25) is 5.91 Å². The first-order valence-electron chi connectivity index (χ1n) is 10.5. The van der Waals surface area contributed by atoms with Crippen LogP contribution in [0.1, 0.15) is 53.4 Å². The molecule has 1 aliphatic heterocycles. The molecule has 0 aromatic carbocycles. The van der Waals surface area contributed by atoms with Gasteiger partial charge < -0.3 is 10.2 Å². The number of hydrogen-bond acceptors (Lipinski definition) is 7. The van der Waals surface area contributed by atoms with Gasteiger partial charge in [-0.05, 0) is 38.5 Å². The first-order valence-corrected chi connectivity index (χ1v) is 12.3. The highest BCUT2D eigenvalue weighted by molar-refractivity contribution is 7.99. The summed E-state index contributed by atoms with van der Waals surface area (Å²) in [7, 11) is 0. The Morgan fingerprint density at radius 3 is 2.69 bits per heavy atom. The average molecular weight is 438 g/mol. The van der Waals surface area contributed by atoms with Crippen molar-refractivity contribution in [2.75, 3.05) is 23.7 Å². The van der Waals surface area contributed by atoms with Gasteiger partial charge in [0.25, 0.3) is 5.56 Å². The molecule has 2 aromatic rings. The van der Waals surface area contributed by atoms with E-state index in [0.717, 1.165) is 49.8 Å². The number of piperidine rings is 1. The largest absolute Gasteiger partial charge is 0.353 e. The Bertz CT molecular complexity index is 902. The minimum atomic E-state index is -0.0455. The van der Waals surface area contributed by atoms with Crippen molar-refractivity contribution >= 4 is 44.5 Å². The lowest BCUT2D eigenvalue weighted by Crippen LogP contribution is -2.33. The van der Waals surface area contributed by atoms with Crippen LogP contribution in [0.4, 0.5) is 5.13 Å². The highest BCUT2D eigenvalue weighted by Gasteiger charge is 2.22. The van der Waals surface area contributed by atoms with Gasteiger partial charge >= 0.3 is 0 Å². The second kappa shape index (κ2) is 9.93. The van der Waals surface area contributed by atoms with Crippen LogP contribution >= 0.6 is 23.1 Å². The molecule has 160 valence electrons. The number of rotatable bonds is 8. The molecule has 1 fully saturated rings. The van der Waals surface area contributed by atoms with Crippen LogP contribution in [0.5, 0.6) is 0 Å². The maximum atomic E-state index is 13.1. The highest BCUT2D eigenvalue weighted by atomic mass is 32.2. The van der Waals surface area contributed by atoms with E-state index in [1.807, 2.05) is 20.8 Å². The standard InChI is InChI=1S/C20H31N5O2S2/c1-5-9-25-18(27)16-17(22-19(29-16)24-10-7-13(3)8-11-24)23-20(25)28-12-15(26)21-14(4)6-2/h13-14H,5-12H2,1-4H3,(H,21,26). The van der Waals surface area contributed by atoms with E-state index in [4.69, 9.17) is 0 Å². The van der Waals surface area contributed by atoms with Gasteiger partial charge in [0.1, 0.15) is 4.70 Å². The van der Waals surface area contributed by atoms with E-state index in [9.17, 15) is 9.59 Å². The maximum Gasteiger partial charge on any atom is 0.273 e. The molecule has 3 rings (SSSR count). The summed E-state index contributed by atoms with van der Waals surface area (Å²) in [5, 5.41) is 4.42. The van der Waals surface area contributed by atoms with Gasteiger partial charge in [-0.3, -0.25) is 14.2 Å². The van der Waals surface area contributed by atoms with Crippen LogP contribution in [-0.2, 0) is 11.3 Å². The van der Waals surface area contributed by atoms with Gasteiger partial charge in [-0.1, -0.05) is 43.9 Å². The first-order chi connectivity index (χ1) is 13.9. The molecule has 1 atom stereocenters. The number of hydrogen-bond donors (Lipinski definition) is 1. The molecule has 9 heteroatoms. The Labute approximate surface area is 180 Å². The Hall–Kier alpha value is -1.61. The van der Waals surface area contributed by atoms with E-state index in [-0.39, 0.29) is 23.3 Å². The number of nitrogens with one attached hydrogen (secondary N) is 1. The molecule has 0 radical (unpaired) electrons. The first kappa shape index (κ1) is 22.1. The van der Waals surface area contributed by atoms with Crippen LogP contribution in [0.2, 0.25) is 0 Å². The zero-order valence-electron chi connectivity index (χ0n) is 17.7. The lowest BCUT2D eigenvalue weighted by molar-refractivity contribution is -0.119. The summed E-state index contributed by atoms with van der Waals surface area (Å²) < 4.78 is 2.31. The summed E-state index contributed by atoms with van der Waals surface area (Å²) in [5.74, 6) is 0.945. The monoisotopic (exact) mass is 437 g/mol. The van der Waals surface area contributed by atoms with Gasteiger partial charge in [-0.25, -0.2) is 4.98 Å². The van der Waals surface area contributed by atoms with Crippen LogP contribution < -0.4 is 15.8 Å². The molecule has 0 aliphatic carbocycles. The number of fused-ring (bicyclic) bond motifs is 1. The fraction of sp³-hybridized carbons (Fsp3) is 0.700. The van der Waals surface area contributed by atoms with Crippen molar-refractivity contribution in [1.82, 2.24) is 19.9 Å². The number of amides is 1. The zero-order chi connectivity index (χ0) is 21.0. The number of nitrogens with zero attached hydrogens (tertiary/aromatic N) is 4. The normalized spacial score (nSPS) is 16.3. The van der Waals surface area contributed by atoms with Gasteiger partial charge in [0.05, 0.1) is 5.75 Å². The number of anilines is 1. The van der Waals surface area contributed by atoms with E-state index in [1.165, 1.54) is 23.1 Å². The molecule has 1 N–H and O–H groups in total. The molecule has 1 saturated heterocycles. The molecular formula is C20H31N5O2S2. The van der Waals surface area contributed by atoms with Crippen molar-refractivity contribution < 1.29 is 4.79 Å². The smallest absolute Gasteiger partial charge is 0.273 e. The minimum absolute atomic E-state index is 0.0388. The summed E-state index contributed by atoms with van der Waals surface area (Å²) in [6.45, 7) is 10.9. The van der Waals surface area contributed by atoms with Crippen molar-refractivity contribution in [1.29, 1.82) is 0 Å². The predicted molar refractivity (Wildman–Crippen MR) is 121 cm³/mol. The third kappa shape index (κ3) is 5.31. The van der Waals surface area contributed by atoms with Crippen molar-refractivity contribution in [3.8, 4) is 0 Å². The van der Waals surface area contributed by atoms with Crippen LogP contribution in [0.15, 0.2) is 9.95 Å². The number of aromatic nitrogens is 3. The molecular weight excluding hydrogens is 406 g/mol. The molecule has 2 aromatic heterocycles. The summed E-state index contributed by atoms with van der Waals surface area (Å²) >= 11 is 2.76. The quantitative estimate of drug-likeness (QED) is 0.503. The lowest BCUT2D eigenvalue weighted by atomic mass is 10.00. The predicted octanol–water partition coefficient (Wildman–Crippen LogP) is 3.51. The summed E-state index contributed by atoms with van der Waals surface area (Å²) in [6, 6.07) is 0.143. The van der Waals surface area contributed by atoms with Crippen molar-refractivity contribution in [2.24, 2.45) is 5.92 Å². The Morgan fingerprint density at radius 2 is 2.03 bits per heavy atom. The fourth-order valence-electron chi connectivity index (χ4n) is 3.29. The SMILES string of the molecule is CCCn1c(SCC(=O)NC(C)CC)nc2nc(N3CCC(C)CC3)sc2c1=O. The molecule has 7 nitrogen and oxygen atoms in total. The molecule has 1 aliphatic rings. The number of carbonyl (C=O) groups is 1. The second-order valence-electron chi connectivity index (χ2n) is 7.84. The Kier molecular flexibility index (Phi) is 7.56. The van der Waals surface area contributed by atoms with E-state index in [1.54, 1.807) is 4.57 Å². The number of carbonyl (C=O) groups excluding carboxylic acids is 1. The number of thiazole rings is 1. The Balaban J connectivity index is 1.85. The summed E-state index contributed by atoms with van der Waals surface area (Å²) in [6.07, 6.45) is 4.01. The minimum Gasteiger partial charge on any atom is -0.353 e. The molecule has 1 unspecified atom stereocenters. The average Bonchev–Trinajstić information content (AvgIpc) is 3.13. The molecule has 0 saturated carbocycles. The topological polar surface area (TPSA) is 80.1 Å². The van der Waals surface area contributed by atoms with Gasteiger partial charge in [-0.2, -0.15) is 4.98 Å². The Morgan fingerprint density at radius 1 is 1.31 bits per heavy atom. The third-order valence-corrected chi connectivity index (χ3v) is 7.39. The van der Waals surface area contributed by atoms with E-state index >= 15 is 0 Å². The van der Waals surface area contributed by atoms with E-state index in [2.05, 4.69) is 27.1 Å². The molecule has 3 heterocycles. The van der Waals surface area contributed by atoms with Crippen LogP contribution in [0.3, 0.4) is 0 Å². The van der Waals surface area contributed by atoms with Crippen LogP contribution in [0.25, 0.3) is 10.3 Å². The van der Waals surface area contributed by atoms with E-state index < -0.39 is 0 Å². The van der Waals surface area contributed by atoms with Crippen LogP contribution in [0, 0.1) is 5.92 Å². The zero-order valence-corrected chi connectivity index (χ0v) is 19.4. The lowest BCUT2D eigenvalue weighted by Gasteiger charge is -2.29. The highest BCUT2D eigenvalue weighted by Crippen LogP contribution is 2.30. The summed E-state index contributed by atoms with van der Waals surface area (Å²) in [5.41, 5.74) is 0.460. The molecule has 1 amide bonds. The number of thioether (sulfide) groups is 1. The van der Waals surface area contributed by atoms with Crippen molar-refractivity contribution in [3.05, 3.63) is 10.4 Å². The molecule has 29 heavy (non-hydrogen) atoms. The van der Waals surface area contributed by atoms with Gasteiger partial charge in [0.15, 0.2) is 15.9 Å². The van der Waals surface area contributed by atoms with Crippen LogP contribution in [-0.4, -0.2) is 45.3 Å². The third-order valence-electron chi connectivity index (χ3n) is 5.32. The molecule has 0 bridgehead atoms. The maximum absolute atomic E-state index is 13.1. The van der Waals surface area contributed by atoms with E-state index in [0.29, 0.717) is 22.0 Å². The van der Waals surface area contributed by atoms with Gasteiger partial charge in [-0.15, -0.1) is 0 Å². The summed E-state index contributed by atoms with van der Waals surface area (Å²) in [4.78, 5) is 36.9. The van der Waals surface area contributed by atoms with Crippen molar-refractivity contribution in [2.45, 2.75) is 71.1 Å². The molecule has 0 spiro atoms. The fourth-order valence-corrected chi connectivity index (χ4v) is 5.12. The second-order valence-corrected chi connectivity index (χ2v) is 9.76. The van der Waals surface area contributed by atoms with Gasteiger partial charge in [0, 0.05) is 25.7 Å². The van der Waals surface area contributed by atoms with Crippen molar-refractivity contribution in [3.63, 3.8) is 0 Å².